The highest BCUT2D eigenvalue weighted by Gasteiger charge is 2.18. The SMILES string of the molecule is O=C(Nc1ccc(Cl)cc1[N+](=O)[O-])c1ccn(Cn2cccn2)n1. The van der Waals surface area contributed by atoms with E-state index in [0.29, 0.717) is 6.67 Å². The summed E-state index contributed by atoms with van der Waals surface area (Å²) in [5, 5.41) is 21.9. The molecule has 3 aromatic rings. The first kappa shape index (κ1) is 15.7. The fraction of sp³-hybridized carbons (Fsp3) is 0.0714. The molecule has 1 N–H and O–H groups in total. The van der Waals surface area contributed by atoms with Crippen LogP contribution in [0.3, 0.4) is 0 Å². The molecule has 0 spiro atoms. The summed E-state index contributed by atoms with van der Waals surface area (Å²) in [4.78, 5) is 22.7. The molecule has 24 heavy (non-hydrogen) atoms. The van der Waals surface area contributed by atoms with Gasteiger partial charge in [0, 0.05) is 29.7 Å². The van der Waals surface area contributed by atoms with E-state index in [-0.39, 0.29) is 22.1 Å². The summed E-state index contributed by atoms with van der Waals surface area (Å²) < 4.78 is 3.16. The van der Waals surface area contributed by atoms with Gasteiger partial charge in [-0.25, -0.2) is 0 Å². The van der Waals surface area contributed by atoms with Crippen LogP contribution in [-0.2, 0) is 6.67 Å². The molecule has 1 amide bonds. The van der Waals surface area contributed by atoms with Gasteiger partial charge in [-0.05, 0) is 24.3 Å². The van der Waals surface area contributed by atoms with Crippen LogP contribution in [0.1, 0.15) is 10.5 Å². The van der Waals surface area contributed by atoms with E-state index >= 15 is 0 Å². The van der Waals surface area contributed by atoms with Gasteiger partial charge in [0.2, 0.25) is 0 Å². The molecule has 10 heteroatoms. The number of carbonyl (C=O) groups is 1. The van der Waals surface area contributed by atoms with Crippen LogP contribution >= 0.6 is 11.6 Å². The molecule has 0 saturated heterocycles. The molecule has 0 atom stereocenters. The number of amides is 1. The van der Waals surface area contributed by atoms with Crippen LogP contribution in [0.4, 0.5) is 11.4 Å². The lowest BCUT2D eigenvalue weighted by atomic mass is 10.2. The van der Waals surface area contributed by atoms with E-state index in [4.69, 9.17) is 11.6 Å². The normalized spacial score (nSPS) is 10.5. The zero-order valence-electron chi connectivity index (χ0n) is 12.2. The topological polar surface area (TPSA) is 108 Å². The quantitative estimate of drug-likeness (QED) is 0.563. The number of nitrogens with zero attached hydrogens (tertiary/aromatic N) is 5. The third-order valence-electron chi connectivity index (χ3n) is 3.13. The summed E-state index contributed by atoms with van der Waals surface area (Å²) in [6, 6.07) is 7.30. The summed E-state index contributed by atoms with van der Waals surface area (Å²) in [5.74, 6) is -0.556. The van der Waals surface area contributed by atoms with Crippen molar-refractivity contribution in [2.45, 2.75) is 6.67 Å². The molecule has 0 aliphatic rings. The van der Waals surface area contributed by atoms with Crippen molar-refractivity contribution in [2.24, 2.45) is 0 Å². The Bertz CT molecular complexity index is 890. The Balaban J connectivity index is 1.76. The molecule has 0 fully saturated rings. The summed E-state index contributed by atoms with van der Waals surface area (Å²) in [6.07, 6.45) is 5.02. The molecule has 0 unspecified atom stereocenters. The molecule has 122 valence electrons. The van der Waals surface area contributed by atoms with Crippen LogP contribution in [0.25, 0.3) is 0 Å². The summed E-state index contributed by atoms with van der Waals surface area (Å²) >= 11 is 5.74. The maximum atomic E-state index is 12.2. The third kappa shape index (κ3) is 3.41. The van der Waals surface area contributed by atoms with Crippen LogP contribution in [-0.4, -0.2) is 30.4 Å². The van der Waals surface area contributed by atoms with Crippen molar-refractivity contribution in [3.8, 4) is 0 Å². The number of anilines is 1. The minimum Gasteiger partial charge on any atom is -0.315 e. The Hall–Kier alpha value is -3.20. The molecule has 2 heterocycles. The van der Waals surface area contributed by atoms with Crippen LogP contribution in [0.5, 0.6) is 0 Å². The first-order chi connectivity index (χ1) is 11.5. The highest BCUT2D eigenvalue weighted by molar-refractivity contribution is 6.31. The number of carbonyl (C=O) groups excluding carboxylic acids is 1. The van der Waals surface area contributed by atoms with Crippen LogP contribution in [0.15, 0.2) is 48.9 Å². The molecular weight excluding hydrogens is 336 g/mol. The molecule has 0 aliphatic carbocycles. The minimum absolute atomic E-state index is 0.0519. The van der Waals surface area contributed by atoms with Gasteiger partial charge in [-0.3, -0.25) is 24.3 Å². The predicted octanol–water partition coefficient (Wildman–Crippen LogP) is 2.40. The Morgan fingerprint density at radius 3 is 2.83 bits per heavy atom. The van der Waals surface area contributed by atoms with Crippen molar-refractivity contribution in [3.05, 3.63) is 69.8 Å². The van der Waals surface area contributed by atoms with Gasteiger partial charge < -0.3 is 5.32 Å². The first-order valence-corrected chi connectivity index (χ1v) is 7.17. The van der Waals surface area contributed by atoms with Crippen molar-refractivity contribution in [3.63, 3.8) is 0 Å². The van der Waals surface area contributed by atoms with Crippen molar-refractivity contribution in [2.75, 3.05) is 5.32 Å². The number of rotatable bonds is 5. The van der Waals surface area contributed by atoms with Crippen LogP contribution in [0, 0.1) is 10.1 Å². The average molecular weight is 347 g/mol. The monoisotopic (exact) mass is 346 g/mol. The lowest BCUT2D eigenvalue weighted by molar-refractivity contribution is -0.383. The maximum Gasteiger partial charge on any atom is 0.294 e. The van der Waals surface area contributed by atoms with Gasteiger partial charge in [-0.15, -0.1) is 0 Å². The second-order valence-electron chi connectivity index (χ2n) is 4.80. The summed E-state index contributed by atoms with van der Waals surface area (Å²) in [6.45, 7) is 0.349. The second-order valence-corrected chi connectivity index (χ2v) is 5.24. The number of nitro benzene ring substituents is 1. The highest BCUT2D eigenvalue weighted by Crippen LogP contribution is 2.28. The number of halogens is 1. The third-order valence-corrected chi connectivity index (χ3v) is 3.36. The van der Waals surface area contributed by atoms with E-state index in [9.17, 15) is 14.9 Å². The summed E-state index contributed by atoms with van der Waals surface area (Å²) in [7, 11) is 0. The smallest absolute Gasteiger partial charge is 0.294 e. The lowest BCUT2D eigenvalue weighted by Crippen LogP contribution is -2.15. The molecule has 2 aromatic heterocycles. The zero-order valence-corrected chi connectivity index (χ0v) is 12.9. The Kier molecular flexibility index (Phi) is 4.25. The predicted molar refractivity (Wildman–Crippen MR) is 85.9 cm³/mol. The van der Waals surface area contributed by atoms with Crippen molar-refractivity contribution < 1.29 is 9.72 Å². The van der Waals surface area contributed by atoms with Crippen molar-refractivity contribution >= 4 is 28.9 Å². The number of benzene rings is 1. The second kappa shape index (κ2) is 6.50. The first-order valence-electron chi connectivity index (χ1n) is 6.79. The fourth-order valence-electron chi connectivity index (χ4n) is 2.04. The van der Waals surface area contributed by atoms with Gasteiger partial charge in [0.25, 0.3) is 11.6 Å². The minimum atomic E-state index is -0.613. The van der Waals surface area contributed by atoms with Crippen molar-refractivity contribution in [1.29, 1.82) is 0 Å². The summed E-state index contributed by atoms with van der Waals surface area (Å²) in [5.41, 5.74) is -0.103. The van der Waals surface area contributed by atoms with E-state index in [1.165, 1.54) is 28.9 Å². The largest absolute Gasteiger partial charge is 0.315 e. The number of hydrogen-bond donors (Lipinski definition) is 1. The Morgan fingerprint density at radius 1 is 1.29 bits per heavy atom. The van der Waals surface area contributed by atoms with Crippen molar-refractivity contribution in [1.82, 2.24) is 19.6 Å². The molecule has 0 saturated carbocycles. The molecule has 0 bridgehead atoms. The standard InChI is InChI=1S/C14H11ClN6O3/c15-10-2-3-11(13(8-10)21(23)24)17-14(22)12-4-7-20(18-12)9-19-6-1-5-16-19/h1-8H,9H2,(H,17,22). The van der Waals surface area contributed by atoms with Gasteiger partial charge in [0.15, 0.2) is 5.69 Å². The van der Waals surface area contributed by atoms with Crippen LogP contribution in [0.2, 0.25) is 5.02 Å². The number of aromatic nitrogens is 4. The van der Waals surface area contributed by atoms with E-state index in [2.05, 4.69) is 15.5 Å². The molecule has 3 rings (SSSR count). The number of hydrogen-bond acceptors (Lipinski definition) is 5. The highest BCUT2D eigenvalue weighted by atomic mass is 35.5. The Labute approximate surface area is 140 Å². The molecule has 1 aromatic carbocycles. The molecular formula is C14H11ClN6O3. The van der Waals surface area contributed by atoms with E-state index < -0.39 is 10.8 Å². The lowest BCUT2D eigenvalue weighted by Gasteiger charge is -2.05. The van der Waals surface area contributed by atoms with Gasteiger partial charge >= 0.3 is 0 Å². The molecule has 0 aliphatic heterocycles. The van der Waals surface area contributed by atoms with E-state index in [0.717, 1.165) is 0 Å². The fourth-order valence-corrected chi connectivity index (χ4v) is 2.21. The van der Waals surface area contributed by atoms with Gasteiger partial charge in [0.05, 0.1) is 4.92 Å². The number of nitrogens with one attached hydrogen (secondary N) is 1. The number of nitro groups is 1. The van der Waals surface area contributed by atoms with Gasteiger partial charge in [-0.1, -0.05) is 11.6 Å². The van der Waals surface area contributed by atoms with Crippen LogP contribution < -0.4 is 5.32 Å². The average Bonchev–Trinajstić information content (AvgIpc) is 3.21. The maximum absolute atomic E-state index is 12.2. The molecule has 9 nitrogen and oxygen atoms in total. The van der Waals surface area contributed by atoms with E-state index in [1.54, 1.807) is 29.3 Å². The zero-order chi connectivity index (χ0) is 17.1. The van der Waals surface area contributed by atoms with E-state index in [1.807, 2.05) is 0 Å². The molecule has 0 radical (unpaired) electrons. The van der Waals surface area contributed by atoms with Gasteiger partial charge in [0.1, 0.15) is 12.4 Å². The van der Waals surface area contributed by atoms with Gasteiger partial charge in [-0.2, -0.15) is 10.2 Å². The Morgan fingerprint density at radius 2 is 2.12 bits per heavy atom.